The maximum atomic E-state index is 13.6. The van der Waals surface area contributed by atoms with Gasteiger partial charge in [-0.15, -0.1) is 0 Å². The molecule has 2 atom stereocenters. The lowest BCUT2D eigenvalue weighted by Crippen LogP contribution is -2.32. The molecule has 0 spiro atoms. The number of thioether (sulfide) groups is 1. The summed E-state index contributed by atoms with van der Waals surface area (Å²) in [6.07, 6.45) is 2.32. The second-order valence-corrected chi connectivity index (χ2v) is 7.49. The van der Waals surface area contributed by atoms with Crippen LogP contribution in [0, 0.1) is 11.7 Å². The molecular formula is C16H17F3OS. The van der Waals surface area contributed by atoms with Crippen LogP contribution in [-0.2, 0) is 0 Å². The smallest absolute Gasteiger partial charge is 0.266 e. The number of hydrogen-bond donors (Lipinski definition) is 0. The van der Waals surface area contributed by atoms with Crippen molar-refractivity contribution < 1.29 is 18.0 Å². The molecule has 21 heavy (non-hydrogen) atoms. The van der Waals surface area contributed by atoms with Gasteiger partial charge in [0.1, 0.15) is 5.82 Å². The van der Waals surface area contributed by atoms with Gasteiger partial charge in [-0.1, -0.05) is 12.5 Å². The van der Waals surface area contributed by atoms with E-state index in [-0.39, 0.29) is 17.3 Å². The zero-order valence-electron chi connectivity index (χ0n) is 11.5. The van der Waals surface area contributed by atoms with Gasteiger partial charge in [-0.05, 0) is 37.8 Å². The van der Waals surface area contributed by atoms with E-state index in [9.17, 15) is 18.0 Å². The molecule has 1 nitrogen and oxygen atoms in total. The number of halogens is 3. The van der Waals surface area contributed by atoms with E-state index in [2.05, 4.69) is 0 Å². The first-order chi connectivity index (χ1) is 10.0. The molecule has 0 aliphatic carbocycles. The van der Waals surface area contributed by atoms with Crippen LogP contribution in [-0.4, -0.2) is 16.3 Å². The molecular weight excluding hydrogens is 297 g/mol. The fourth-order valence-electron chi connectivity index (χ4n) is 3.37. The third-order valence-electron chi connectivity index (χ3n) is 4.42. The lowest BCUT2D eigenvalue weighted by atomic mass is 9.84. The highest BCUT2D eigenvalue weighted by atomic mass is 32.2. The molecule has 0 radical (unpaired) electrons. The number of benzene rings is 1. The van der Waals surface area contributed by atoms with Crippen molar-refractivity contribution in [3.05, 3.63) is 35.1 Å². The van der Waals surface area contributed by atoms with Crippen LogP contribution in [0.5, 0.6) is 0 Å². The molecule has 2 bridgehead atoms. The molecule has 5 heteroatoms. The van der Waals surface area contributed by atoms with Gasteiger partial charge in [-0.3, -0.25) is 4.79 Å². The Balaban J connectivity index is 1.77. The fourth-order valence-corrected chi connectivity index (χ4v) is 5.20. The minimum absolute atomic E-state index is 0.0849. The van der Waals surface area contributed by atoms with Crippen LogP contribution in [0.2, 0.25) is 0 Å². The topological polar surface area (TPSA) is 17.1 Å². The summed E-state index contributed by atoms with van der Waals surface area (Å²) in [7, 11) is 0. The van der Waals surface area contributed by atoms with Gasteiger partial charge in [0.15, 0.2) is 5.78 Å². The third kappa shape index (κ3) is 3.12. The predicted octanol–water partition coefficient (Wildman–Crippen LogP) is 5.01. The van der Waals surface area contributed by atoms with Crippen molar-refractivity contribution in [2.24, 2.45) is 5.92 Å². The quantitative estimate of drug-likeness (QED) is 0.729. The number of hydrogen-bond acceptors (Lipinski definition) is 2. The molecule has 2 heterocycles. The summed E-state index contributed by atoms with van der Waals surface area (Å²) in [5.74, 6) is -1.16. The molecule has 0 aromatic heterocycles. The molecule has 0 N–H and O–H groups in total. The molecule has 2 aliphatic rings. The predicted molar refractivity (Wildman–Crippen MR) is 77.4 cm³/mol. The molecule has 2 saturated heterocycles. The van der Waals surface area contributed by atoms with E-state index in [0.717, 1.165) is 37.8 Å². The Morgan fingerprint density at radius 3 is 2.43 bits per heavy atom. The van der Waals surface area contributed by atoms with E-state index in [1.165, 1.54) is 12.5 Å². The van der Waals surface area contributed by atoms with Crippen molar-refractivity contribution in [3.63, 3.8) is 0 Å². The summed E-state index contributed by atoms with van der Waals surface area (Å²) in [4.78, 5) is 12.5. The highest BCUT2D eigenvalue weighted by Crippen LogP contribution is 2.44. The Kier molecular flexibility index (Phi) is 4.29. The maximum Gasteiger partial charge on any atom is 0.266 e. The largest absolute Gasteiger partial charge is 0.294 e. The molecule has 2 unspecified atom stereocenters. The second-order valence-electron chi connectivity index (χ2n) is 5.88. The number of ketones is 1. The lowest BCUT2D eigenvalue weighted by molar-refractivity contribution is 0.0895. The molecule has 1 aromatic carbocycles. The summed E-state index contributed by atoms with van der Waals surface area (Å²) in [6, 6.07) is 3.34. The van der Waals surface area contributed by atoms with E-state index in [1.807, 2.05) is 11.8 Å². The SMILES string of the molecule is O=C(c1ccc(C(F)F)c(F)c1)C1CC2CCCC(C1)S2. The first-order valence-corrected chi connectivity index (χ1v) is 8.26. The van der Waals surface area contributed by atoms with Gasteiger partial charge in [-0.2, -0.15) is 11.8 Å². The van der Waals surface area contributed by atoms with Gasteiger partial charge in [0.25, 0.3) is 6.43 Å². The van der Waals surface area contributed by atoms with Crippen molar-refractivity contribution in [2.75, 3.05) is 0 Å². The highest BCUT2D eigenvalue weighted by molar-refractivity contribution is 8.00. The summed E-state index contributed by atoms with van der Waals surface area (Å²) in [5.41, 5.74) is -0.408. The normalized spacial score (nSPS) is 28.7. The van der Waals surface area contributed by atoms with Gasteiger partial charge >= 0.3 is 0 Å². The summed E-state index contributed by atoms with van der Waals surface area (Å²) >= 11 is 1.97. The van der Waals surface area contributed by atoms with Gasteiger partial charge in [0, 0.05) is 22.0 Å². The van der Waals surface area contributed by atoms with Gasteiger partial charge in [-0.25, -0.2) is 13.2 Å². The van der Waals surface area contributed by atoms with Crippen LogP contribution < -0.4 is 0 Å². The lowest BCUT2D eigenvalue weighted by Gasteiger charge is -2.37. The Bertz CT molecular complexity index is 534. The second kappa shape index (κ2) is 6.03. The van der Waals surface area contributed by atoms with E-state index >= 15 is 0 Å². The van der Waals surface area contributed by atoms with Crippen molar-refractivity contribution in [1.82, 2.24) is 0 Å². The zero-order valence-corrected chi connectivity index (χ0v) is 12.3. The van der Waals surface area contributed by atoms with Crippen LogP contribution in [0.3, 0.4) is 0 Å². The average Bonchev–Trinajstić information content (AvgIpc) is 2.45. The number of Topliss-reactive ketones (excluding diaryl/α,β-unsaturated/α-hetero) is 1. The molecule has 2 aliphatic heterocycles. The Labute approximate surface area is 126 Å². The Morgan fingerprint density at radius 1 is 1.19 bits per heavy atom. The van der Waals surface area contributed by atoms with Crippen molar-refractivity contribution in [1.29, 1.82) is 0 Å². The standard InChI is InChI=1S/C16H17F3OS/c17-14-8-9(4-5-13(14)16(18)19)15(20)10-6-11-2-1-3-12(7-10)21-11/h4-5,8,10-12,16H,1-3,6-7H2. The number of carbonyl (C=O) groups excluding carboxylic acids is 1. The Morgan fingerprint density at radius 2 is 1.86 bits per heavy atom. The van der Waals surface area contributed by atoms with Gasteiger partial charge < -0.3 is 0 Å². The minimum Gasteiger partial charge on any atom is -0.294 e. The van der Waals surface area contributed by atoms with Crippen LogP contribution in [0.4, 0.5) is 13.2 Å². The highest BCUT2D eigenvalue weighted by Gasteiger charge is 2.36. The van der Waals surface area contributed by atoms with Crippen LogP contribution in [0.1, 0.15) is 54.5 Å². The maximum absolute atomic E-state index is 13.6. The first kappa shape index (κ1) is 14.9. The third-order valence-corrected chi connectivity index (χ3v) is 6.05. The summed E-state index contributed by atoms with van der Waals surface area (Å²) < 4.78 is 38.7. The number of carbonyl (C=O) groups is 1. The van der Waals surface area contributed by atoms with Crippen LogP contribution in [0.25, 0.3) is 0 Å². The van der Waals surface area contributed by atoms with E-state index in [1.54, 1.807) is 0 Å². The number of alkyl halides is 2. The van der Waals surface area contributed by atoms with Crippen molar-refractivity contribution >= 4 is 17.5 Å². The van der Waals surface area contributed by atoms with E-state index in [0.29, 0.717) is 10.5 Å². The molecule has 0 amide bonds. The van der Waals surface area contributed by atoms with Gasteiger partial charge in [0.05, 0.1) is 5.56 Å². The van der Waals surface area contributed by atoms with E-state index in [4.69, 9.17) is 0 Å². The summed E-state index contributed by atoms with van der Waals surface area (Å²) in [5, 5.41) is 1.05. The van der Waals surface area contributed by atoms with E-state index < -0.39 is 17.8 Å². The summed E-state index contributed by atoms with van der Waals surface area (Å²) in [6.45, 7) is 0. The average molecular weight is 314 g/mol. The monoisotopic (exact) mass is 314 g/mol. The van der Waals surface area contributed by atoms with Crippen LogP contribution >= 0.6 is 11.8 Å². The number of rotatable bonds is 3. The zero-order chi connectivity index (χ0) is 15.0. The van der Waals surface area contributed by atoms with Gasteiger partial charge in [0.2, 0.25) is 0 Å². The fraction of sp³-hybridized carbons (Fsp3) is 0.562. The minimum atomic E-state index is -2.85. The van der Waals surface area contributed by atoms with Crippen LogP contribution in [0.15, 0.2) is 18.2 Å². The van der Waals surface area contributed by atoms with Crippen molar-refractivity contribution in [2.45, 2.75) is 49.0 Å². The molecule has 114 valence electrons. The molecule has 1 aromatic rings. The molecule has 2 fully saturated rings. The molecule has 0 saturated carbocycles. The number of fused-ring (bicyclic) bond motifs is 2. The Hall–Kier alpha value is -0.970. The molecule has 3 rings (SSSR count). The first-order valence-electron chi connectivity index (χ1n) is 7.32. The van der Waals surface area contributed by atoms with Crippen molar-refractivity contribution in [3.8, 4) is 0 Å².